The molecular formula is C11H13N3O2S. The summed E-state index contributed by atoms with van der Waals surface area (Å²) >= 11 is 1.48. The van der Waals surface area contributed by atoms with Crippen LogP contribution in [0.3, 0.4) is 0 Å². The number of fused-ring (bicyclic) bond motifs is 1. The van der Waals surface area contributed by atoms with E-state index in [1.807, 2.05) is 35.1 Å². The summed E-state index contributed by atoms with van der Waals surface area (Å²) in [7, 11) is 0. The first-order chi connectivity index (χ1) is 8.27. The van der Waals surface area contributed by atoms with E-state index in [1.54, 1.807) is 0 Å². The monoisotopic (exact) mass is 251 g/mol. The van der Waals surface area contributed by atoms with E-state index in [0.717, 1.165) is 10.7 Å². The van der Waals surface area contributed by atoms with Crippen LogP contribution in [0.4, 0.5) is 0 Å². The van der Waals surface area contributed by atoms with Gasteiger partial charge in [0.1, 0.15) is 0 Å². The number of rotatable bonds is 4. The zero-order valence-corrected chi connectivity index (χ0v) is 10.2. The summed E-state index contributed by atoms with van der Waals surface area (Å²) in [5.74, 6) is -0.261. The van der Waals surface area contributed by atoms with Crippen molar-refractivity contribution in [3.63, 3.8) is 0 Å². The lowest BCUT2D eigenvalue weighted by Crippen LogP contribution is -2.26. The lowest BCUT2D eigenvalue weighted by molar-refractivity contribution is 0.0941. The van der Waals surface area contributed by atoms with Gasteiger partial charge in [-0.25, -0.2) is 4.98 Å². The van der Waals surface area contributed by atoms with E-state index in [2.05, 4.69) is 10.3 Å². The van der Waals surface area contributed by atoms with E-state index in [0.29, 0.717) is 5.69 Å². The summed E-state index contributed by atoms with van der Waals surface area (Å²) in [6, 6.07) is 5.61. The average Bonchev–Trinajstić information content (AvgIpc) is 2.75. The van der Waals surface area contributed by atoms with Crippen molar-refractivity contribution in [1.82, 2.24) is 14.7 Å². The molecule has 90 valence electrons. The normalized spacial score (nSPS) is 10.7. The maximum Gasteiger partial charge on any atom is 0.272 e. The van der Waals surface area contributed by atoms with Gasteiger partial charge in [-0.1, -0.05) is 17.8 Å². The number of pyridine rings is 1. The van der Waals surface area contributed by atoms with Crippen LogP contribution in [0.2, 0.25) is 0 Å². The Morgan fingerprint density at radius 3 is 3.12 bits per heavy atom. The first kappa shape index (κ1) is 11.9. The van der Waals surface area contributed by atoms with Crippen LogP contribution in [0, 0.1) is 0 Å². The summed E-state index contributed by atoms with van der Waals surface area (Å²) in [6.45, 7) is 0.159. The Labute approximate surface area is 103 Å². The van der Waals surface area contributed by atoms with E-state index < -0.39 is 0 Å². The van der Waals surface area contributed by atoms with Crippen LogP contribution < -0.4 is 5.32 Å². The molecule has 1 amide bonds. The molecule has 2 heterocycles. The van der Waals surface area contributed by atoms with Gasteiger partial charge in [-0.05, 0) is 18.4 Å². The minimum Gasteiger partial charge on any atom is -0.395 e. The van der Waals surface area contributed by atoms with Crippen molar-refractivity contribution < 1.29 is 9.90 Å². The second-order valence-corrected chi connectivity index (χ2v) is 4.16. The fourth-order valence-corrected chi connectivity index (χ4v) is 2.11. The molecule has 0 radical (unpaired) electrons. The van der Waals surface area contributed by atoms with Gasteiger partial charge >= 0.3 is 0 Å². The molecule has 0 atom stereocenters. The third-order valence-electron chi connectivity index (χ3n) is 2.31. The Morgan fingerprint density at radius 2 is 2.41 bits per heavy atom. The molecule has 2 rings (SSSR count). The van der Waals surface area contributed by atoms with Gasteiger partial charge in [-0.3, -0.25) is 9.20 Å². The molecule has 0 bridgehead atoms. The van der Waals surface area contributed by atoms with Gasteiger partial charge in [0.2, 0.25) is 0 Å². The Hall–Kier alpha value is -1.53. The van der Waals surface area contributed by atoms with Gasteiger partial charge in [0.15, 0.2) is 10.9 Å². The summed E-state index contributed by atoms with van der Waals surface area (Å²) in [5, 5.41) is 12.1. The number of nitrogens with one attached hydrogen (secondary N) is 1. The number of aliphatic hydroxyl groups excluding tert-OH is 1. The third kappa shape index (κ3) is 2.27. The van der Waals surface area contributed by atoms with E-state index in [-0.39, 0.29) is 19.1 Å². The number of carbonyl (C=O) groups is 1. The quantitative estimate of drug-likeness (QED) is 0.788. The van der Waals surface area contributed by atoms with Crippen LogP contribution in [0.25, 0.3) is 5.52 Å². The molecule has 2 N–H and O–H groups in total. The number of hydrogen-bond acceptors (Lipinski definition) is 4. The predicted octanol–water partition coefficient (Wildman–Crippen LogP) is 0.778. The zero-order valence-electron chi connectivity index (χ0n) is 9.38. The molecule has 5 nitrogen and oxygen atoms in total. The van der Waals surface area contributed by atoms with Gasteiger partial charge in [0.05, 0.1) is 12.1 Å². The van der Waals surface area contributed by atoms with E-state index in [9.17, 15) is 4.79 Å². The van der Waals surface area contributed by atoms with Crippen molar-refractivity contribution in [3.05, 3.63) is 30.1 Å². The van der Waals surface area contributed by atoms with Gasteiger partial charge in [0.25, 0.3) is 5.91 Å². The van der Waals surface area contributed by atoms with Crippen molar-refractivity contribution in [2.24, 2.45) is 0 Å². The molecular weight excluding hydrogens is 238 g/mol. The number of hydrogen-bond donors (Lipinski definition) is 2. The fraction of sp³-hybridized carbons (Fsp3) is 0.273. The van der Waals surface area contributed by atoms with Gasteiger partial charge in [-0.2, -0.15) is 0 Å². The van der Waals surface area contributed by atoms with Crippen LogP contribution in [0.1, 0.15) is 10.5 Å². The highest BCUT2D eigenvalue weighted by Gasteiger charge is 2.15. The Kier molecular flexibility index (Phi) is 3.65. The van der Waals surface area contributed by atoms with Crippen molar-refractivity contribution in [2.45, 2.75) is 5.16 Å². The topological polar surface area (TPSA) is 66.6 Å². The zero-order chi connectivity index (χ0) is 12.3. The second-order valence-electron chi connectivity index (χ2n) is 3.38. The van der Waals surface area contributed by atoms with Crippen molar-refractivity contribution >= 4 is 23.2 Å². The molecule has 6 heteroatoms. The maximum atomic E-state index is 11.8. The number of imidazole rings is 1. The molecule has 0 saturated heterocycles. The highest BCUT2D eigenvalue weighted by molar-refractivity contribution is 7.98. The summed E-state index contributed by atoms with van der Waals surface area (Å²) in [6.07, 6.45) is 3.79. The SMILES string of the molecule is CSc1nc(C(=O)NCCO)c2ccccn12. The molecule has 2 aromatic rings. The molecule has 0 saturated carbocycles. The standard InChI is InChI=1S/C11H13N3O2S/c1-17-11-13-9(10(16)12-5-7-15)8-4-2-3-6-14(8)11/h2-4,6,15H,5,7H2,1H3,(H,12,16). The predicted molar refractivity (Wildman–Crippen MR) is 66.4 cm³/mol. The van der Waals surface area contributed by atoms with E-state index in [1.165, 1.54) is 11.8 Å². The molecule has 0 aromatic carbocycles. The number of nitrogens with zero attached hydrogens (tertiary/aromatic N) is 2. The molecule has 0 aliphatic rings. The largest absolute Gasteiger partial charge is 0.395 e. The number of thioether (sulfide) groups is 1. The van der Waals surface area contributed by atoms with Crippen LogP contribution in [-0.2, 0) is 0 Å². The lowest BCUT2D eigenvalue weighted by atomic mass is 10.3. The van der Waals surface area contributed by atoms with Crippen molar-refractivity contribution in [2.75, 3.05) is 19.4 Å². The third-order valence-corrected chi connectivity index (χ3v) is 2.96. The minimum atomic E-state index is -0.261. The van der Waals surface area contributed by atoms with Crippen LogP contribution >= 0.6 is 11.8 Å². The smallest absolute Gasteiger partial charge is 0.272 e. The van der Waals surface area contributed by atoms with Crippen molar-refractivity contribution in [1.29, 1.82) is 0 Å². The first-order valence-corrected chi connectivity index (χ1v) is 6.40. The maximum absolute atomic E-state index is 11.8. The highest BCUT2D eigenvalue weighted by atomic mass is 32.2. The van der Waals surface area contributed by atoms with Crippen LogP contribution in [0.5, 0.6) is 0 Å². The van der Waals surface area contributed by atoms with Crippen molar-refractivity contribution in [3.8, 4) is 0 Å². The number of amides is 1. The molecule has 0 fully saturated rings. The Morgan fingerprint density at radius 1 is 1.59 bits per heavy atom. The van der Waals surface area contributed by atoms with E-state index >= 15 is 0 Å². The first-order valence-electron chi connectivity index (χ1n) is 5.18. The molecule has 0 spiro atoms. The molecule has 0 aliphatic carbocycles. The van der Waals surface area contributed by atoms with Gasteiger partial charge in [0, 0.05) is 12.7 Å². The summed E-state index contributed by atoms with van der Waals surface area (Å²) in [5.41, 5.74) is 1.16. The van der Waals surface area contributed by atoms with Gasteiger partial charge in [-0.15, -0.1) is 0 Å². The number of aromatic nitrogens is 2. The molecule has 17 heavy (non-hydrogen) atoms. The molecule has 0 unspecified atom stereocenters. The van der Waals surface area contributed by atoms with Gasteiger partial charge < -0.3 is 10.4 Å². The Balaban J connectivity index is 2.43. The van der Waals surface area contributed by atoms with Crippen LogP contribution in [-0.4, -0.2) is 39.8 Å². The summed E-state index contributed by atoms with van der Waals surface area (Å²) in [4.78, 5) is 16.1. The second kappa shape index (κ2) is 5.20. The molecule has 0 aliphatic heterocycles. The lowest BCUT2D eigenvalue weighted by Gasteiger charge is -2.00. The van der Waals surface area contributed by atoms with E-state index in [4.69, 9.17) is 5.11 Å². The number of carbonyl (C=O) groups excluding carboxylic acids is 1. The highest BCUT2D eigenvalue weighted by Crippen LogP contribution is 2.19. The Bertz CT molecular complexity index is 538. The molecule has 2 aromatic heterocycles. The average molecular weight is 251 g/mol. The van der Waals surface area contributed by atoms with Crippen LogP contribution in [0.15, 0.2) is 29.6 Å². The fourth-order valence-electron chi connectivity index (χ4n) is 1.57. The summed E-state index contributed by atoms with van der Waals surface area (Å²) < 4.78 is 1.87. The number of aliphatic hydroxyl groups is 1. The minimum absolute atomic E-state index is 0.0765.